The van der Waals surface area contributed by atoms with Crippen LogP contribution in [0.5, 0.6) is 0 Å². The molecule has 1 aliphatic heterocycles. The fraction of sp³-hybridized carbons (Fsp3) is 0.348. The largest absolute Gasteiger partial charge is 0.340 e. The fourth-order valence-corrected chi connectivity index (χ4v) is 3.76. The van der Waals surface area contributed by atoms with E-state index in [0.29, 0.717) is 13.0 Å². The van der Waals surface area contributed by atoms with Crippen molar-refractivity contribution in [3.63, 3.8) is 0 Å². The van der Waals surface area contributed by atoms with Crippen LogP contribution in [0, 0.1) is 6.92 Å². The summed E-state index contributed by atoms with van der Waals surface area (Å²) in [6.07, 6.45) is 1.20. The van der Waals surface area contributed by atoms with Crippen molar-refractivity contribution in [2.45, 2.75) is 38.8 Å². The molecular weight excluding hydrogens is 366 g/mol. The van der Waals surface area contributed by atoms with Crippen molar-refractivity contribution in [1.82, 2.24) is 15.1 Å². The van der Waals surface area contributed by atoms with Crippen molar-refractivity contribution in [2.24, 2.45) is 0 Å². The number of amides is 4. The summed E-state index contributed by atoms with van der Waals surface area (Å²) < 4.78 is 0. The number of carbonyl (C=O) groups is 3. The highest BCUT2D eigenvalue weighted by Crippen LogP contribution is 2.33. The summed E-state index contributed by atoms with van der Waals surface area (Å²) in [5, 5.41) is 2.85. The SMILES string of the molecule is CCCC1(c2ccccc2)NC(=O)N(CC(=O)N(C)Cc2ccccc2C)C1=O. The van der Waals surface area contributed by atoms with Gasteiger partial charge in [0.1, 0.15) is 12.1 Å². The lowest BCUT2D eigenvalue weighted by atomic mass is 9.85. The average molecular weight is 393 g/mol. The standard InChI is InChI=1S/C23H27N3O3/c1-4-14-23(19-12-6-5-7-13-19)21(28)26(22(29)24-23)16-20(27)25(3)15-18-11-9-8-10-17(18)2/h5-13H,4,14-16H2,1-3H3,(H,24,29). The number of nitrogens with zero attached hydrogens (tertiary/aromatic N) is 2. The van der Waals surface area contributed by atoms with E-state index in [4.69, 9.17) is 0 Å². The summed E-state index contributed by atoms with van der Waals surface area (Å²) in [7, 11) is 1.68. The number of nitrogens with one attached hydrogen (secondary N) is 1. The summed E-state index contributed by atoms with van der Waals surface area (Å²) in [6, 6.07) is 16.5. The van der Waals surface area contributed by atoms with Crippen LogP contribution in [0.2, 0.25) is 0 Å². The highest BCUT2D eigenvalue weighted by atomic mass is 16.2. The molecule has 2 aromatic carbocycles. The van der Waals surface area contributed by atoms with Gasteiger partial charge in [-0.05, 0) is 30.0 Å². The Morgan fingerprint density at radius 3 is 2.38 bits per heavy atom. The van der Waals surface area contributed by atoms with Crippen molar-refractivity contribution >= 4 is 17.8 Å². The number of hydrogen-bond donors (Lipinski definition) is 1. The Morgan fingerprint density at radius 1 is 1.07 bits per heavy atom. The third-order valence-corrected chi connectivity index (χ3v) is 5.46. The lowest BCUT2D eigenvalue weighted by Crippen LogP contribution is -2.45. The lowest BCUT2D eigenvalue weighted by molar-refractivity contribution is -0.139. The first-order valence-corrected chi connectivity index (χ1v) is 9.87. The fourth-order valence-electron chi connectivity index (χ4n) is 3.76. The van der Waals surface area contributed by atoms with Gasteiger partial charge in [0.25, 0.3) is 5.91 Å². The van der Waals surface area contributed by atoms with Crippen LogP contribution in [0.3, 0.4) is 0 Å². The number of urea groups is 1. The van der Waals surface area contributed by atoms with E-state index in [2.05, 4.69) is 5.32 Å². The quantitative estimate of drug-likeness (QED) is 0.735. The smallest absolute Gasteiger partial charge is 0.325 e. The van der Waals surface area contributed by atoms with Crippen LogP contribution in [-0.4, -0.2) is 41.2 Å². The molecule has 1 heterocycles. The topological polar surface area (TPSA) is 69.7 Å². The zero-order chi connectivity index (χ0) is 21.0. The Labute approximate surface area is 171 Å². The van der Waals surface area contributed by atoms with E-state index in [9.17, 15) is 14.4 Å². The summed E-state index contributed by atoms with van der Waals surface area (Å²) in [5.74, 6) is -0.648. The molecule has 2 aromatic rings. The minimum atomic E-state index is -1.11. The minimum absolute atomic E-state index is 0.272. The van der Waals surface area contributed by atoms with Crippen molar-refractivity contribution in [3.05, 3.63) is 71.3 Å². The van der Waals surface area contributed by atoms with Crippen LogP contribution >= 0.6 is 0 Å². The average Bonchev–Trinajstić information content (AvgIpc) is 2.95. The van der Waals surface area contributed by atoms with Crippen LogP contribution in [0.1, 0.15) is 36.5 Å². The molecule has 1 aliphatic rings. The summed E-state index contributed by atoms with van der Waals surface area (Å²) in [4.78, 5) is 41.3. The van der Waals surface area contributed by atoms with Crippen molar-refractivity contribution in [3.8, 4) is 0 Å². The molecule has 1 atom stereocenters. The van der Waals surface area contributed by atoms with Crippen molar-refractivity contribution in [1.29, 1.82) is 0 Å². The van der Waals surface area contributed by atoms with E-state index in [1.807, 2.05) is 68.4 Å². The molecule has 0 bridgehead atoms. The maximum absolute atomic E-state index is 13.3. The van der Waals surface area contributed by atoms with Gasteiger partial charge in [0, 0.05) is 13.6 Å². The molecule has 6 nitrogen and oxygen atoms in total. The van der Waals surface area contributed by atoms with E-state index in [1.54, 1.807) is 11.9 Å². The maximum Gasteiger partial charge on any atom is 0.325 e. The first kappa shape index (κ1) is 20.6. The molecule has 1 N–H and O–H groups in total. The molecule has 0 aliphatic carbocycles. The Bertz CT molecular complexity index is 913. The monoisotopic (exact) mass is 393 g/mol. The molecule has 0 radical (unpaired) electrons. The molecule has 1 saturated heterocycles. The molecule has 3 rings (SSSR count). The first-order valence-electron chi connectivity index (χ1n) is 9.87. The molecule has 1 unspecified atom stereocenters. The molecule has 152 valence electrons. The van der Waals surface area contributed by atoms with Crippen molar-refractivity contribution in [2.75, 3.05) is 13.6 Å². The lowest BCUT2D eigenvalue weighted by Gasteiger charge is -2.27. The Hall–Kier alpha value is -3.15. The van der Waals surface area contributed by atoms with Gasteiger partial charge >= 0.3 is 6.03 Å². The molecule has 4 amide bonds. The molecular formula is C23H27N3O3. The van der Waals surface area contributed by atoms with Gasteiger partial charge < -0.3 is 10.2 Å². The normalized spacial score (nSPS) is 18.7. The number of hydrogen-bond acceptors (Lipinski definition) is 3. The van der Waals surface area contributed by atoms with Gasteiger partial charge in [0.2, 0.25) is 5.91 Å². The van der Waals surface area contributed by atoms with Gasteiger partial charge in [-0.15, -0.1) is 0 Å². The Balaban J connectivity index is 1.77. The Kier molecular flexibility index (Phi) is 6.01. The molecule has 29 heavy (non-hydrogen) atoms. The molecule has 0 saturated carbocycles. The van der Waals surface area contributed by atoms with Gasteiger partial charge in [-0.2, -0.15) is 0 Å². The van der Waals surface area contributed by atoms with E-state index in [0.717, 1.165) is 28.0 Å². The molecule has 6 heteroatoms. The van der Waals surface area contributed by atoms with Gasteiger partial charge in [0.15, 0.2) is 0 Å². The van der Waals surface area contributed by atoms with Gasteiger partial charge in [-0.25, -0.2) is 4.79 Å². The predicted octanol–water partition coefficient (Wildman–Crippen LogP) is 3.20. The zero-order valence-electron chi connectivity index (χ0n) is 17.1. The van der Waals surface area contributed by atoms with Crippen molar-refractivity contribution < 1.29 is 14.4 Å². The number of imide groups is 1. The number of benzene rings is 2. The summed E-state index contributed by atoms with van der Waals surface area (Å²) >= 11 is 0. The van der Waals surface area contributed by atoms with Gasteiger partial charge in [-0.1, -0.05) is 67.9 Å². The Morgan fingerprint density at radius 2 is 1.72 bits per heavy atom. The van der Waals surface area contributed by atoms with Gasteiger partial charge in [0.05, 0.1) is 0 Å². The predicted molar refractivity (Wildman–Crippen MR) is 111 cm³/mol. The van der Waals surface area contributed by atoms with Gasteiger partial charge in [-0.3, -0.25) is 14.5 Å². The zero-order valence-corrected chi connectivity index (χ0v) is 17.1. The maximum atomic E-state index is 13.3. The van der Waals surface area contributed by atoms with Crippen LogP contribution < -0.4 is 5.32 Å². The summed E-state index contributed by atoms with van der Waals surface area (Å²) in [5.41, 5.74) is 1.75. The van der Waals surface area contributed by atoms with Crippen LogP contribution in [0.15, 0.2) is 54.6 Å². The van der Waals surface area contributed by atoms with E-state index in [1.165, 1.54) is 0 Å². The second-order valence-corrected chi connectivity index (χ2v) is 7.52. The third-order valence-electron chi connectivity index (χ3n) is 5.46. The third kappa shape index (κ3) is 4.01. The summed E-state index contributed by atoms with van der Waals surface area (Å²) in [6.45, 7) is 4.11. The second kappa shape index (κ2) is 8.47. The van der Waals surface area contributed by atoms with E-state index >= 15 is 0 Å². The molecule has 1 fully saturated rings. The molecule has 0 spiro atoms. The highest BCUT2D eigenvalue weighted by molar-refractivity contribution is 6.09. The van der Waals surface area contributed by atoms with Crippen LogP contribution in [0.4, 0.5) is 4.79 Å². The number of carbonyl (C=O) groups excluding carboxylic acids is 3. The van der Waals surface area contributed by atoms with Crippen LogP contribution in [0.25, 0.3) is 0 Å². The molecule has 0 aromatic heterocycles. The second-order valence-electron chi connectivity index (χ2n) is 7.52. The number of likely N-dealkylation sites (N-methyl/N-ethyl adjacent to an activating group) is 1. The van der Waals surface area contributed by atoms with E-state index in [-0.39, 0.29) is 18.4 Å². The first-order chi connectivity index (χ1) is 13.9. The number of rotatable bonds is 7. The highest BCUT2D eigenvalue weighted by Gasteiger charge is 2.52. The number of aryl methyl sites for hydroxylation is 1. The van der Waals surface area contributed by atoms with Crippen LogP contribution in [-0.2, 0) is 21.7 Å². The minimum Gasteiger partial charge on any atom is -0.340 e. The van der Waals surface area contributed by atoms with E-state index < -0.39 is 11.6 Å².